The first-order valence-electron chi connectivity index (χ1n) is 4.96. The van der Waals surface area contributed by atoms with Crippen LogP contribution in [0.5, 0.6) is 0 Å². The van der Waals surface area contributed by atoms with Gasteiger partial charge < -0.3 is 19.7 Å². The molecule has 15 heavy (non-hydrogen) atoms. The molecule has 0 bridgehead atoms. The lowest BCUT2D eigenvalue weighted by atomic mass is 10.1. The number of nitrogens with one attached hydrogen (secondary N) is 1. The van der Waals surface area contributed by atoms with Gasteiger partial charge in [0.05, 0.1) is 25.9 Å². The maximum Gasteiger partial charge on any atom is 0.254 e. The highest BCUT2D eigenvalue weighted by atomic mass is 35.5. The van der Waals surface area contributed by atoms with Crippen molar-refractivity contribution < 1.29 is 14.3 Å². The van der Waals surface area contributed by atoms with Gasteiger partial charge in [0.25, 0.3) is 5.91 Å². The second kappa shape index (κ2) is 5.65. The molecule has 0 aromatic carbocycles. The Balaban J connectivity index is 0.00000112. The highest BCUT2D eigenvalue weighted by molar-refractivity contribution is 5.85. The minimum atomic E-state index is -0.394. The Hall–Kier alpha value is -0.360. The SMILES string of the molecule is CN(C(=O)C1COCCO1)C1CNC1.Cl. The monoisotopic (exact) mass is 236 g/mol. The summed E-state index contributed by atoms with van der Waals surface area (Å²) in [5.74, 6) is 0.0381. The van der Waals surface area contributed by atoms with Crippen LogP contribution in [0.2, 0.25) is 0 Å². The van der Waals surface area contributed by atoms with Crippen molar-refractivity contribution in [2.24, 2.45) is 0 Å². The van der Waals surface area contributed by atoms with E-state index in [1.807, 2.05) is 7.05 Å². The van der Waals surface area contributed by atoms with Gasteiger partial charge in [0.15, 0.2) is 6.10 Å². The van der Waals surface area contributed by atoms with Crippen LogP contribution in [-0.4, -0.2) is 62.9 Å². The van der Waals surface area contributed by atoms with Gasteiger partial charge in [-0.1, -0.05) is 0 Å². The van der Waals surface area contributed by atoms with Gasteiger partial charge in [-0.3, -0.25) is 4.79 Å². The van der Waals surface area contributed by atoms with Crippen molar-refractivity contribution in [2.45, 2.75) is 12.1 Å². The van der Waals surface area contributed by atoms with Crippen LogP contribution in [0.3, 0.4) is 0 Å². The quantitative estimate of drug-likeness (QED) is 0.686. The third kappa shape index (κ3) is 2.81. The van der Waals surface area contributed by atoms with Crippen molar-refractivity contribution in [3.05, 3.63) is 0 Å². The van der Waals surface area contributed by atoms with Crippen molar-refractivity contribution in [1.82, 2.24) is 10.2 Å². The van der Waals surface area contributed by atoms with Crippen molar-refractivity contribution in [1.29, 1.82) is 0 Å². The van der Waals surface area contributed by atoms with Crippen molar-refractivity contribution in [3.63, 3.8) is 0 Å². The Morgan fingerprint density at radius 2 is 2.13 bits per heavy atom. The number of hydrogen-bond donors (Lipinski definition) is 1. The first-order chi connectivity index (χ1) is 6.79. The fraction of sp³-hybridized carbons (Fsp3) is 0.889. The number of carbonyl (C=O) groups is 1. The normalized spacial score (nSPS) is 26.3. The molecule has 0 aromatic rings. The summed E-state index contributed by atoms with van der Waals surface area (Å²) >= 11 is 0. The molecule has 6 heteroatoms. The van der Waals surface area contributed by atoms with Crippen molar-refractivity contribution in [3.8, 4) is 0 Å². The lowest BCUT2D eigenvalue weighted by Gasteiger charge is -2.37. The average Bonchev–Trinajstić information content (AvgIpc) is 2.15. The van der Waals surface area contributed by atoms with Crippen LogP contribution in [0.15, 0.2) is 0 Å². The molecule has 2 saturated heterocycles. The van der Waals surface area contributed by atoms with Crippen LogP contribution in [0.1, 0.15) is 0 Å². The number of amides is 1. The minimum Gasteiger partial charge on any atom is -0.376 e. The Morgan fingerprint density at radius 1 is 1.40 bits per heavy atom. The molecule has 2 aliphatic heterocycles. The van der Waals surface area contributed by atoms with Gasteiger partial charge in [-0.15, -0.1) is 12.4 Å². The summed E-state index contributed by atoms with van der Waals surface area (Å²) in [5, 5.41) is 3.13. The summed E-state index contributed by atoms with van der Waals surface area (Å²) in [5.41, 5.74) is 0. The van der Waals surface area contributed by atoms with E-state index in [9.17, 15) is 4.79 Å². The predicted molar refractivity (Wildman–Crippen MR) is 57.2 cm³/mol. The van der Waals surface area contributed by atoms with Gasteiger partial charge in [-0.05, 0) is 0 Å². The molecule has 1 unspecified atom stereocenters. The molecule has 0 saturated carbocycles. The number of carbonyl (C=O) groups excluding carboxylic acids is 1. The maximum atomic E-state index is 11.8. The minimum absolute atomic E-state index is 0. The largest absolute Gasteiger partial charge is 0.376 e. The highest BCUT2D eigenvalue weighted by Gasteiger charge is 2.31. The third-order valence-corrected chi connectivity index (χ3v) is 2.75. The topological polar surface area (TPSA) is 50.8 Å². The van der Waals surface area contributed by atoms with Gasteiger partial charge in [-0.2, -0.15) is 0 Å². The fourth-order valence-corrected chi connectivity index (χ4v) is 1.58. The third-order valence-electron chi connectivity index (χ3n) is 2.75. The first-order valence-corrected chi connectivity index (χ1v) is 4.96. The number of rotatable bonds is 2. The smallest absolute Gasteiger partial charge is 0.254 e. The van der Waals surface area contributed by atoms with E-state index in [0.717, 1.165) is 13.1 Å². The molecule has 0 spiro atoms. The number of ether oxygens (including phenoxy) is 2. The molecule has 0 aliphatic carbocycles. The van der Waals surface area contributed by atoms with E-state index >= 15 is 0 Å². The van der Waals surface area contributed by atoms with Crippen LogP contribution < -0.4 is 5.32 Å². The van der Waals surface area contributed by atoms with Gasteiger partial charge in [0.2, 0.25) is 0 Å². The van der Waals surface area contributed by atoms with Crippen molar-refractivity contribution >= 4 is 18.3 Å². The standard InChI is InChI=1S/C9H16N2O3.ClH/c1-11(7-4-10-5-7)9(12)8-6-13-2-3-14-8;/h7-8,10H,2-6H2,1H3;1H. The summed E-state index contributed by atoms with van der Waals surface area (Å²) < 4.78 is 10.5. The number of halogens is 1. The van der Waals surface area contributed by atoms with Gasteiger partial charge in [-0.25, -0.2) is 0 Å². The van der Waals surface area contributed by atoms with E-state index in [0.29, 0.717) is 25.9 Å². The molecule has 1 amide bonds. The second-order valence-corrected chi connectivity index (χ2v) is 3.70. The second-order valence-electron chi connectivity index (χ2n) is 3.70. The molecular formula is C9H17ClN2O3. The van der Waals surface area contributed by atoms with E-state index in [1.54, 1.807) is 4.90 Å². The molecule has 2 heterocycles. The lowest BCUT2D eigenvalue weighted by Crippen LogP contribution is -2.60. The van der Waals surface area contributed by atoms with Gasteiger partial charge >= 0.3 is 0 Å². The van der Waals surface area contributed by atoms with Crippen LogP contribution in [0, 0.1) is 0 Å². The van der Waals surface area contributed by atoms with Crippen molar-refractivity contribution in [2.75, 3.05) is 40.0 Å². The van der Waals surface area contributed by atoms with E-state index in [-0.39, 0.29) is 18.3 Å². The Labute approximate surface area is 95.5 Å². The zero-order valence-electron chi connectivity index (χ0n) is 8.77. The molecule has 5 nitrogen and oxygen atoms in total. The Kier molecular flexibility index (Phi) is 4.79. The summed E-state index contributed by atoms with van der Waals surface area (Å²) in [7, 11) is 1.83. The van der Waals surface area contributed by atoms with Crippen LogP contribution >= 0.6 is 12.4 Å². The fourth-order valence-electron chi connectivity index (χ4n) is 1.58. The Morgan fingerprint density at radius 3 is 2.60 bits per heavy atom. The number of hydrogen-bond acceptors (Lipinski definition) is 4. The van der Waals surface area contributed by atoms with Crippen LogP contribution in [0.4, 0.5) is 0 Å². The Bertz CT molecular complexity index is 213. The lowest BCUT2D eigenvalue weighted by molar-refractivity contribution is -0.159. The molecule has 2 aliphatic rings. The van der Waals surface area contributed by atoms with Crippen LogP contribution in [0.25, 0.3) is 0 Å². The molecule has 2 fully saturated rings. The highest BCUT2D eigenvalue weighted by Crippen LogP contribution is 2.09. The predicted octanol–water partition coefficient (Wildman–Crippen LogP) is -0.746. The number of nitrogens with zero attached hydrogens (tertiary/aromatic N) is 1. The van der Waals surface area contributed by atoms with Gasteiger partial charge in [0.1, 0.15) is 0 Å². The van der Waals surface area contributed by atoms with Crippen LogP contribution in [-0.2, 0) is 14.3 Å². The zero-order chi connectivity index (χ0) is 9.97. The molecular weight excluding hydrogens is 220 g/mol. The molecule has 0 aromatic heterocycles. The summed E-state index contributed by atoms with van der Waals surface area (Å²) in [6.07, 6.45) is -0.394. The zero-order valence-corrected chi connectivity index (χ0v) is 9.59. The maximum absolute atomic E-state index is 11.8. The van der Waals surface area contributed by atoms with Gasteiger partial charge in [0, 0.05) is 20.1 Å². The van der Waals surface area contributed by atoms with E-state index in [4.69, 9.17) is 9.47 Å². The molecule has 1 atom stereocenters. The molecule has 1 N–H and O–H groups in total. The summed E-state index contributed by atoms with van der Waals surface area (Å²) in [6, 6.07) is 0.327. The molecule has 0 radical (unpaired) electrons. The van der Waals surface area contributed by atoms with E-state index in [1.165, 1.54) is 0 Å². The summed E-state index contributed by atoms with van der Waals surface area (Å²) in [4.78, 5) is 13.6. The van der Waals surface area contributed by atoms with E-state index < -0.39 is 6.10 Å². The molecule has 2 rings (SSSR count). The molecule has 88 valence electrons. The average molecular weight is 237 g/mol. The first kappa shape index (κ1) is 12.7. The summed E-state index contributed by atoms with van der Waals surface area (Å²) in [6.45, 7) is 3.28. The number of likely N-dealkylation sites (N-methyl/N-ethyl adjacent to an activating group) is 1. The van der Waals surface area contributed by atoms with E-state index in [2.05, 4.69) is 5.32 Å².